The molecular weight excluding hydrogens is 314 g/mol. The second kappa shape index (κ2) is 6.67. The molecule has 3 rings (SSSR count). The van der Waals surface area contributed by atoms with Crippen LogP contribution < -0.4 is 10.2 Å². The van der Waals surface area contributed by atoms with E-state index in [1.165, 1.54) is 0 Å². The number of nitrogens with zero attached hydrogens (tertiary/aromatic N) is 4. The molecule has 0 aromatic carbocycles. The molecule has 1 aromatic rings. The minimum atomic E-state index is -0.369. The van der Waals surface area contributed by atoms with Gasteiger partial charge in [0.05, 0.1) is 10.6 Å². The molecule has 2 aliphatic rings. The summed E-state index contributed by atoms with van der Waals surface area (Å²) in [5.74, 6) is 0.304. The van der Waals surface area contributed by atoms with Crippen molar-refractivity contribution in [2.75, 3.05) is 32.1 Å². The second-order valence-corrected chi connectivity index (χ2v) is 6.83. The Hall–Kier alpha value is -1.93. The zero-order valence-electron chi connectivity index (χ0n) is 13.2. The van der Waals surface area contributed by atoms with Crippen molar-refractivity contribution < 1.29 is 9.59 Å². The van der Waals surface area contributed by atoms with E-state index in [0.29, 0.717) is 22.6 Å². The van der Waals surface area contributed by atoms with E-state index >= 15 is 0 Å². The van der Waals surface area contributed by atoms with Crippen molar-refractivity contribution in [2.24, 2.45) is 0 Å². The summed E-state index contributed by atoms with van der Waals surface area (Å²) in [6.45, 7) is 1.83. The van der Waals surface area contributed by atoms with Crippen molar-refractivity contribution in [3.63, 3.8) is 0 Å². The van der Waals surface area contributed by atoms with Gasteiger partial charge in [-0.05, 0) is 50.8 Å². The number of aromatic nitrogens is 2. The standard InChI is InChI=1S/C15H19N5O2S/c1-19(2)11-4-7-20(8-5-11)14-16-6-3-10(17-14)9-12-13(21)18-15(22)23-12/h3,6,9,11H,4-5,7-8H2,1-2H3,(H,18,21,22)/b12-9+. The van der Waals surface area contributed by atoms with E-state index in [1.807, 2.05) is 0 Å². The number of amides is 2. The highest BCUT2D eigenvalue weighted by Crippen LogP contribution is 2.25. The van der Waals surface area contributed by atoms with E-state index < -0.39 is 0 Å². The number of hydrogen-bond donors (Lipinski definition) is 1. The Morgan fingerprint density at radius 1 is 1.35 bits per heavy atom. The van der Waals surface area contributed by atoms with Crippen LogP contribution in [-0.2, 0) is 4.79 Å². The van der Waals surface area contributed by atoms with Crippen LogP contribution in [0.4, 0.5) is 10.7 Å². The minimum Gasteiger partial charge on any atom is -0.341 e. The molecular formula is C15H19N5O2S. The maximum absolute atomic E-state index is 11.6. The first-order valence-corrected chi connectivity index (χ1v) is 8.34. The van der Waals surface area contributed by atoms with Crippen LogP contribution in [0.1, 0.15) is 18.5 Å². The molecule has 2 saturated heterocycles. The first kappa shape index (κ1) is 15.9. The molecule has 2 amide bonds. The number of anilines is 1. The topological polar surface area (TPSA) is 78.4 Å². The van der Waals surface area contributed by atoms with Gasteiger partial charge in [-0.3, -0.25) is 14.9 Å². The second-order valence-electron chi connectivity index (χ2n) is 5.82. The van der Waals surface area contributed by atoms with Crippen LogP contribution in [0.25, 0.3) is 6.08 Å². The Morgan fingerprint density at radius 2 is 2.09 bits per heavy atom. The fraction of sp³-hybridized carbons (Fsp3) is 0.467. The molecule has 7 nitrogen and oxygen atoms in total. The number of hydrogen-bond acceptors (Lipinski definition) is 7. The fourth-order valence-corrected chi connectivity index (χ4v) is 3.40. The monoisotopic (exact) mass is 333 g/mol. The predicted octanol–water partition coefficient (Wildman–Crippen LogP) is 1.33. The zero-order chi connectivity index (χ0) is 16.4. The lowest BCUT2D eigenvalue weighted by Gasteiger charge is -2.35. The van der Waals surface area contributed by atoms with Gasteiger partial charge in [0, 0.05) is 25.3 Å². The van der Waals surface area contributed by atoms with Crippen LogP contribution in [0, 0.1) is 0 Å². The molecule has 1 aromatic heterocycles. The molecule has 0 radical (unpaired) electrons. The molecule has 122 valence electrons. The molecule has 0 bridgehead atoms. The SMILES string of the molecule is CN(C)C1CCN(c2nccc(/C=C3/SC(=O)NC3=O)n2)CC1. The summed E-state index contributed by atoms with van der Waals surface area (Å²) in [6.07, 6.45) is 5.47. The van der Waals surface area contributed by atoms with Gasteiger partial charge < -0.3 is 9.80 Å². The third kappa shape index (κ3) is 3.70. The summed E-state index contributed by atoms with van der Waals surface area (Å²) in [7, 11) is 4.21. The van der Waals surface area contributed by atoms with Gasteiger partial charge in [-0.1, -0.05) is 0 Å². The molecule has 23 heavy (non-hydrogen) atoms. The summed E-state index contributed by atoms with van der Waals surface area (Å²) in [5.41, 5.74) is 0.636. The van der Waals surface area contributed by atoms with Crippen molar-refractivity contribution in [1.29, 1.82) is 0 Å². The van der Waals surface area contributed by atoms with E-state index in [-0.39, 0.29) is 11.1 Å². The molecule has 0 atom stereocenters. The van der Waals surface area contributed by atoms with Gasteiger partial charge in [-0.2, -0.15) is 0 Å². The lowest BCUT2D eigenvalue weighted by atomic mass is 10.0. The number of thioether (sulfide) groups is 1. The molecule has 3 heterocycles. The van der Waals surface area contributed by atoms with Crippen molar-refractivity contribution in [1.82, 2.24) is 20.2 Å². The maximum Gasteiger partial charge on any atom is 0.290 e. The van der Waals surface area contributed by atoms with Gasteiger partial charge >= 0.3 is 0 Å². The normalized spacial score (nSPS) is 21.3. The third-order valence-corrected chi connectivity index (χ3v) is 4.87. The Kier molecular flexibility index (Phi) is 4.63. The number of nitrogens with one attached hydrogen (secondary N) is 1. The van der Waals surface area contributed by atoms with Gasteiger partial charge in [0.2, 0.25) is 5.95 Å². The smallest absolute Gasteiger partial charge is 0.290 e. The van der Waals surface area contributed by atoms with Crippen molar-refractivity contribution >= 4 is 34.9 Å². The van der Waals surface area contributed by atoms with E-state index in [4.69, 9.17) is 0 Å². The summed E-state index contributed by atoms with van der Waals surface area (Å²) in [6, 6.07) is 2.33. The molecule has 0 spiro atoms. The number of carbonyl (C=O) groups is 2. The Labute approximate surface area is 139 Å². The largest absolute Gasteiger partial charge is 0.341 e. The van der Waals surface area contributed by atoms with Gasteiger partial charge in [0.1, 0.15) is 0 Å². The summed E-state index contributed by atoms with van der Waals surface area (Å²) in [4.78, 5) is 36.4. The minimum absolute atomic E-state index is 0.346. The van der Waals surface area contributed by atoms with Crippen molar-refractivity contribution in [3.8, 4) is 0 Å². The third-order valence-electron chi connectivity index (χ3n) is 4.06. The average molecular weight is 333 g/mol. The summed E-state index contributed by atoms with van der Waals surface area (Å²) in [5, 5.41) is 1.89. The molecule has 0 unspecified atom stereocenters. The molecule has 0 aliphatic carbocycles. The van der Waals surface area contributed by atoms with E-state index in [1.54, 1.807) is 18.3 Å². The highest BCUT2D eigenvalue weighted by Gasteiger charge is 2.26. The molecule has 8 heteroatoms. The Morgan fingerprint density at radius 3 is 2.70 bits per heavy atom. The zero-order valence-corrected chi connectivity index (χ0v) is 14.0. The van der Waals surface area contributed by atoms with Crippen LogP contribution in [0.3, 0.4) is 0 Å². The van der Waals surface area contributed by atoms with Crippen LogP contribution >= 0.6 is 11.8 Å². The quantitative estimate of drug-likeness (QED) is 0.836. The van der Waals surface area contributed by atoms with E-state index in [0.717, 1.165) is 37.7 Å². The van der Waals surface area contributed by atoms with Gasteiger partial charge in [0.15, 0.2) is 0 Å². The van der Waals surface area contributed by atoms with E-state index in [9.17, 15) is 9.59 Å². The maximum atomic E-state index is 11.6. The van der Waals surface area contributed by atoms with Crippen LogP contribution in [0.5, 0.6) is 0 Å². The van der Waals surface area contributed by atoms with Crippen molar-refractivity contribution in [2.45, 2.75) is 18.9 Å². The number of imide groups is 1. The number of piperidine rings is 1. The first-order chi connectivity index (χ1) is 11.0. The van der Waals surface area contributed by atoms with Crippen molar-refractivity contribution in [3.05, 3.63) is 22.9 Å². The molecule has 1 N–H and O–H groups in total. The number of rotatable bonds is 3. The van der Waals surface area contributed by atoms with Crippen LogP contribution in [0.15, 0.2) is 17.2 Å². The molecule has 0 saturated carbocycles. The van der Waals surface area contributed by atoms with E-state index in [2.05, 4.69) is 39.2 Å². The van der Waals surface area contributed by atoms with Gasteiger partial charge in [-0.25, -0.2) is 9.97 Å². The fourth-order valence-electron chi connectivity index (χ4n) is 2.73. The summed E-state index contributed by atoms with van der Waals surface area (Å²) < 4.78 is 0. The van der Waals surface area contributed by atoms with Crippen LogP contribution in [-0.4, -0.2) is 59.2 Å². The number of carbonyl (C=O) groups excluding carboxylic acids is 2. The lowest BCUT2D eigenvalue weighted by molar-refractivity contribution is -0.115. The van der Waals surface area contributed by atoms with Crippen LogP contribution in [0.2, 0.25) is 0 Å². The Balaban J connectivity index is 1.72. The Bertz CT molecular complexity index is 653. The van der Waals surface area contributed by atoms with Gasteiger partial charge in [-0.15, -0.1) is 0 Å². The van der Waals surface area contributed by atoms with Gasteiger partial charge in [0.25, 0.3) is 11.1 Å². The molecule has 2 aliphatic heterocycles. The lowest BCUT2D eigenvalue weighted by Crippen LogP contribution is -2.42. The highest BCUT2D eigenvalue weighted by atomic mass is 32.2. The molecule has 2 fully saturated rings. The first-order valence-electron chi connectivity index (χ1n) is 7.52. The summed E-state index contributed by atoms with van der Waals surface area (Å²) >= 11 is 0.895. The predicted molar refractivity (Wildman–Crippen MR) is 90.1 cm³/mol. The average Bonchev–Trinajstić information content (AvgIpc) is 2.85. The highest BCUT2D eigenvalue weighted by molar-refractivity contribution is 8.18.